The molecule has 5 heteroatoms. The van der Waals surface area contributed by atoms with Crippen LogP contribution in [0.25, 0.3) is 0 Å². The van der Waals surface area contributed by atoms with Crippen LogP contribution in [0.1, 0.15) is 0 Å². The Morgan fingerprint density at radius 1 is 1.64 bits per heavy atom. The van der Waals surface area contributed by atoms with Gasteiger partial charge < -0.3 is 0 Å². The molecule has 0 aromatic rings. The number of rotatable bonds is 0. The second-order valence-corrected chi connectivity index (χ2v) is 3.61. The Kier molecular flexibility index (Phi) is 1.68. The fraction of sp³-hybridized carbons (Fsp3) is 0. The molecule has 3 nitrogen and oxygen atoms in total. The summed E-state index contributed by atoms with van der Waals surface area (Å²) in [5, 5.41) is 5.57. The minimum Gasteiger partial charge on any atom is -0.284 e. The molecule has 58 valence electrons. The van der Waals surface area contributed by atoms with Crippen LogP contribution in [0.4, 0.5) is 0 Å². The summed E-state index contributed by atoms with van der Waals surface area (Å²) < 4.78 is 0. The van der Waals surface area contributed by atoms with E-state index in [-0.39, 0.29) is 0 Å². The van der Waals surface area contributed by atoms with Crippen molar-refractivity contribution < 1.29 is 0 Å². The summed E-state index contributed by atoms with van der Waals surface area (Å²) in [4.78, 5) is 0. The van der Waals surface area contributed by atoms with Gasteiger partial charge in [0.2, 0.25) is 0 Å². The molecule has 0 aliphatic carbocycles. The monoisotopic (exact) mass is 185 g/mol. The molecule has 3 N–H and O–H groups in total. The van der Waals surface area contributed by atoms with Gasteiger partial charge in [0.1, 0.15) is 0 Å². The maximum atomic E-state index is 5.63. The van der Waals surface area contributed by atoms with Crippen LogP contribution in [0.15, 0.2) is 33.6 Å². The van der Waals surface area contributed by atoms with Gasteiger partial charge in [-0.25, -0.2) is 11.0 Å². The highest BCUT2D eigenvalue weighted by Crippen LogP contribution is 2.32. The van der Waals surface area contributed by atoms with Gasteiger partial charge in [-0.1, -0.05) is 9.24 Å². The van der Waals surface area contributed by atoms with Crippen LogP contribution in [0.3, 0.4) is 0 Å². The van der Waals surface area contributed by atoms with E-state index in [1.807, 2.05) is 16.9 Å². The highest BCUT2D eigenvalue weighted by Gasteiger charge is 2.21. The molecule has 2 rings (SSSR count). The Balaban J connectivity index is 2.43. The predicted octanol–water partition coefficient (Wildman–Crippen LogP) is 0.869. The number of nitrogens with zero attached hydrogens (tertiary/aromatic N) is 1. The lowest BCUT2D eigenvalue weighted by Crippen LogP contribution is -2.36. The average molecular weight is 185 g/mol. The lowest BCUT2D eigenvalue weighted by atomic mass is 10.2. The number of thioether (sulfide) groups is 1. The third-order valence-corrected chi connectivity index (χ3v) is 2.65. The Hall–Kier alpha value is -0.440. The van der Waals surface area contributed by atoms with E-state index >= 15 is 0 Å². The minimum atomic E-state index is 1.02. The van der Waals surface area contributed by atoms with Gasteiger partial charge in [0.15, 0.2) is 0 Å². The van der Waals surface area contributed by atoms with E-state index < -0.39 is 0 Å². The highest BCUT2D eigenvalue weighted by atomic mass is 32.2. The molecule has 0 amide bonds. The van der Waals surface area contributed by atoms with Crippen molar-refractivity contribution in [2.24, 2.45) is 5.84 Å². The van der Waals surface area contributed by atoms with E-state index in [4.69, 9.17) is 5.84 Å². The van der Waals surface area contributed by atoms with Crippen molar-refractivity contribution in [3.05, 3.63) is 33.6 Å². The molecular weight excluding hydrogens is 177 g/mol. The first-order valence-corrected chi connectivity index (χ1v) is 4.65. The second kappa shape index (κ2) is 2.55. The van der Waals surface area contributed by atoms with Gasteiger partial charge in [-0.15, -0.1) is 11.8 Å². The predicted molar refractivity (Wildman–Crippen MR) is 50.7 cm³/mol. The first-order valence-electron chi connectivity index (χ1n) is 3.13. The second-order valence-electron chi connectivity index (χ2n) is 2.25. The van der Waals surface area contributed by atoms with Gasteiger partial charge >= 0.3 is 0 Å². The summed E-state index contributed by atoms with van der Waals surface area (Å²) in [6.45, 7) is 0. The molecule has 1 atom stereocenters. The number of nitrogens with one attached hydrogen (secondary N) is 1. The molecule has 0 radical (unpaired) electrons. The Morgan fingerprint density at radius 3 is 3.18 bits per heavy atom. The standard InChI is InChI=1S/C6H8N3PS/c7-9-5-3-11-2-1-4(5)6(10)8-9/h1-3,8H,7,10H2. The molecule has 0 spiro atoms. The SMILES string of the molecule is NN1NC(P)=C2C=CSC=C21. The fourth-order valence-corrected chi connectivity index (χ4v) is 2.07. The van der Waals surface area contributed by atoms with Crippen molar-refractivity contribution in [1.82, 2.24) is 10.5 Å². The van der Waals surface area contributed by atoms with Gasteiger partial charge in [-0.2, -0.15) is 0 Å². The van der Waals surface area contributed by atoms with Crippen molar-refractivity contribution >= 4 is 21.0 Å². The number of hydrogen-bond acceptors (Lipinski definition) is 4. The summed E-state index contributed by atoms with van der Waals surface area (Å²) >= 11 is 1.63. The maximum absolute atomic E-state index is 5.63. The summed E-state index contributed by atoms with van der Waals surface area (Å²) in [5.74, 6) is 5.63. The molecule has 1 unspecified atom stereocenters. The van der Waals surface area contributed by atoms with E-state index in [1.165, 1.54) is 5.12 Å². The van der Waals surface area contributed by atoms with Crippen molar-refractivity contribution in [1.29, 1.82) is 0 Å². The molecule has 2 heterocycles. The Bertz CT molecular complexity index is 282. The zero-order chi connectivity index (χ0) is 7.84. The van der Waals surface area contributed by atoms with Crippen LogP contribution in [0, 0.1) is 0 Å². The number of fused-ring (bicyclic) bond motifs is 1. The first-order chi connectivity index (χ1) is 5.29. The molecule has 11 heavy (non-hydrogen) atoms. The largest absolute Gasteiger partial charge is 0.284 e. The molecule has 0 aromatic carbocycles. The van der Waals surface area contributed by atoms with E-state index in [0.29, 0.717) is 0 Å². The average Bonchev–Trinajstić information content (AvgIpc) is 2.30. The summed E-state index contributed by atoms with van der Waals surface area (Å²) in [7, 11) is 2.61. The Morgan fingerprint density at radius 2 is 2.45 bits per heavy atom. The zero-order valence-corrected chi connectivity index (χ0v) is 7.71. The van der Waals surface area contributed by atoms with E-state index in [1.54, 1.807) is 11.8 Å². The van der Waals surface area contributed by atoms with Crippen LogP contribution in [0.2, 0.25) is 0 Å². The normalized spacial score (nSPS) is 21.6. The molecule has 2 aliphatic heterocycles. The quantitative estimate of drug-likeness (QED) is 0.434. The van der Waals surface area contributed by atoms with Crippen molar-refractivity contribution in [2.45, 2.75) is 0 Å². The maximum Gasteiger partial charge on any atom is 0.0914 e. The molecule has 2 aliphatic rings. The van der Waals surface area contributed by atoms with Crippen LogP contribution in [-0.2, 0) is 0 Å². The third-order valence-electron chi connectivity index (χ3n) is 1.56. The van der Waals surface area contributed by atoms with E-state index in [9.17, 15) is 0 Å². The van der Waals surface area contributed by atoms with Gasteiger partial charge in [-0.3, -0.25) is 5.43 Å². The molecule has 0 bridgehead atoms. The third kappa shape index (κ3) is 1.07. The minimum absolute atomic E-state index is 1.02. The van der Waals surface area contributed by atoms with Gasteiger partial charge in [-0.05, 0) is 11.5 Å². The van der Waals surface area contributed by atoms with Gasteiger partial charge in [0.05, 0.1) is 11.1 Å². The number of nitrogens with two attached hydrogens (primary N) is 1. The lowest BCUT2D eigenvalue weighted by molar-refractivity contribution is 0.323. The number of allylic oxidation sites excluding steroid dienone is 1. The topological polar surface area (TPSA) is 41.3 Å². The van der Waals surface area contributed by atoms with Crippen molar-refractivity contribution in [2.75, 3.05) is 0 Å². The molecule has 0 saturated heterocycles. The lowest BCUT2D eigenvalue weighted by Gasteiger charge is -2.14. The number of hydrazine groups is 2. The molecule has 0 aromatic heterocycles. The first kappa shape index (κ1) is 7.22. The van der Waals surface area contributed by atoms with E-state index in [0.717, 1.165) is 16.7 Å². The highest BCUT2D eigenvalue weighted by molar-refractivity contribution is 8.05. The van der Waals surface area contributed by atoms with Gasteiger partial charge in [0, 0.05) is 11.0 Å². The smallest absolute Gasteiger partial charge is 0.0914 e. The van der Waals surface area contributed by atoms with Crippen LogP contribution >= 0.6 is 21.0 Å². The molecular formula is C6H8N3PS. The summed E-state index contributed by atoms with van der Waals surface area (Å²) in [6, 6.07) is 0. The van der Waals surface area contributed by atoms with Crippen LogP contribution in [0.5, 0.6) is 0 Å². The van der Waals surface area contributed by atoms with Crippen molar-refractivity contribution in [3.8, 4) is 0 Å². The van der Waals surface area contributed by atoms with Crippen LogP contribution < -0.4 is 11.3 Å². The number of hydrogen-bond donors (Lipinski definition) is 2. The summed E-state index contributed by atoms with van der Waals surface area (Å²) in [5.41, 5.74) is 6.18. The molecule has 0 saturated carbocycles. The molecule has 0 fully saturated rings. The summed E-state index contributed by atoms with van der Waals surface area (Å²) in [6.07, 6.45) is 2.04. The fourth-order valence-electron chi connectivity index (χ4n) is 1.02. The zero-order valence-electron chi connectivity index (χ0n) is 5.74. The van der Waals surface area contributed by atoms with E-state index in [2.05, 4.69) is 14.7 Å². The van der Waals surface area contributed by atoms with Crippen LogP contribution in [-0.4, -0.2) is 5.12 Å². The van der Waals surface area contributed by atoms with Gasteiger partial charge in [0.25, 0.3) is 0 Å². The van der Waals surface area contributed by atoms with Crippen molar-refractivity contribution in [3.63, 3.8) is 0 Å². The Labute approximate surface area is 71.5 Å².